The molecule has 16 nitrogen and oxygen atoms in total. The van der Waals surface area contributed by atoms with Crippen LogP contribution in [-0.4, -0.2) is 139 Å². The second kappa shape index (κ2) is 12.5. The number of aliphatic hydroxyl groups excluding tert-OH is 5. The molecule has 0 aromatic rings. The summed E-state index contributed by atoms with van der Waals surface area (Å²) in [6.07, 6.45) is -12.3. The molecule has 1 saturated carbocycles. The molecule has 2 saturated heterocycles. The molecule has 0 spiro atoms. The van der Waals surface area contributed by atoms with Gasteiger partial charge in [0.05, 0.1) is 36.7 Å². The summed E-state index contributed by atoms with van der Waals surface area (Å²) in [5.41, 5.74) is 22.8. The topological polar surface area (TPSA) is 288 Å². The summed E-state index contributed by atoms with van der Waals surface area (Å²) in [4.78, 5) is 0. The van der Waals surface area contributed by atoms with Gasteiger partial charge < -0.3 is 67.4 Å². The van der Waals surface area contributed by atoms with E-state index < -0.39 is 96.2 Å². The monoisotopic (exact) mass is 545 g/mol. The van der Waals surface area contributed by atoms with Gasteiger partial charge in [-0.25, -0.2) is 13.1 Å². The van der Waals surface area contributed by atoms with Crippen LogP contribution < -0.4 is 27.7 Å². The zero-order valence-corrected chi connectivity index (χ0v) is 20.5. The van der Waals surface area contributed by atoms with Gasteiger partial charge in [0.15, 0.2) is 12.6 Å². The van der Waals surface area contributed by atoms with Crippen molar-refractivity contribution in [1.29, 1.82) is 0 Å². The summed E-state index contributed by atoms with van der Waals surface area (Å²) in [6.45, 7) is -0.838. The number of ether oxygens (including phenoxy) is 4. The first-order valence-corrected chi connectivity index (χ1v) is 13.4. The molecule has 0 amide bonds. The number of rotatable bonds is 10. The molecule has 13 atom stereocenters. The van der Waals surface area contributed by atoms with Gasteiger partial charge in [0.25, 0.3) is 0 Å². The molecule has 1 aliphatic carbocycles. The molecule has 3 aliphatic rings. The Morgan fingerprint density at radius 2 is 1.56 bits per heavy atom. The number of sulfonamides is 1. The van der Waals surface area contributed by atoms with Gasteiger partial charge in [0, 0.05) is 19.1 Å². The molecule has 0 bridgehead atoms. The van der Waals surface area contributed by atoms with E-state index in [0.29, 0.717) is 0 Å². The van der Waals surface area contributed by atoms with Gasteiger partial charge in [-0.15, -0.1) is 0 Å². The smallest absolute Gasteiger partial charge is 0.213 e. The minimum Gasteiger partial charge on any atom is -0.394 e. The van der Waals surface area contributed by atoms with E-state index in [2.05, 4.69) is 4.72 Å². The Labute approximate surface area is 208 Å². The summed E-state index contributed by atoms with van der Waals surface area (Å²) in [5, 5.41) is 51.6. The molecule has 3 fully saturated rings. The maximum absolute atomic E-state index is 12.1. The Morgan fingerprint density at radius 3 is 2.17 bits per heavy atom. The number of nitrogens with one attached hydrogen (secondary N) is 1. The van der Waals surface area contributed by atoms with Crippen LogP contribution >= 0.6 is 0 Å². The van der Waals surface area contributed by atoms with E-state index in [1.54, 1.807) is 0 Å². The van der Waals surface area contributed by atoms with Gasteiger partial charge in [0.2, 0.25) is 10.0 Å². The summed E-state index contributed by atoms with van der Waals surface area (Å²) in [7, 11) is -3.76. The van der Waals surface area contributed by atoms with Crippen LogP contribution in [0.5, 0.6) is 0 Å². The summed E-state index contributed by atoms with van der Waals surface area (Å²) in [5.74, 6) is -0.333. The molecule has 17 heteroatoms. The van der Waals surface area contributed by atoms with Crippen molar-refractivity contribution in [2.45, 2.75) is 92.4 Å². The third kappa shape index (κ3) is 6.68. The highest BCUT2D eigenvalue weighted by molar-refractivity contribution is 7.89. The van der Waals surface area contributed by atoms with E-state index in [1.165, 1.54) is 0 Å². The zero-order chi connectivity index (χ0) is 26.8. The van der Waals surface area contributed by atoms with Crippen LogP contribution in [0.2, 0.25) is 0 Å². The Bertz CT molecular complexity index is 811. The van der Waals surface area contributed by atoms with E-state index in [1.807, 2.05) is 0 Å². The van der Waals surface area contributed by atoms with E-state index in [0.717, 1.165) is 0 Å². The van der Waals surface area contributed by atoms with Crippen LogP contribution in [0.1, 0.15) is 12.8 Å². The van der Waals surface area contributed by atoms with Crippen molar-refractivity contribution in [2.75, 3.05) is 25.4 Å². The van der Waals surface area contributed by atoms with Gasteiger partial charge in [0.1, 0.15) is 36.6 Å². The van der Waals surface area contributed by atoms with Crippen LogP contribution in [-0.2, 0) is 29.0 Å². The normalized spacial score (nSPS) is 46.2. The van der Waals surface area contributed by atoms with Crippen LogP contribution in [0.25, 0.3) is 0 Å². The van der Waals surface area contributed by atoms with Crippen molar-refractivity contribution in [3.63, 3.8) is 0 Å². The Morgan fingerprint density at radius 1 is 0.889 bits per heavy atom. The van der Waals surface area contributed by atoms with Crippen molar-refractivity contribution in [1.82, 2.24) is 4.72 Å². The van der Waals surface area contributed by atoms with E-state index in [-0.39, 0.29) is 31.7 Å². The largest absolute Gasteiger partial charge is 0.394 e. The summed E-state index contributed by atoms with van der Waals surface area (Å²) < 4.78 is 49.3. The quantitative estimate of drug-likeness (QED) is 0.122. The van der Waals surface area contributed by atoms with Crippen molar-refractivity contribution < 1.29 is 52.9 Å². The highest BCUT2D eigenvalue weighted by Gasteiger charge is 2.51. The SMILES string of the molecule is NCCS(=O)(=O)N[C@@H]1C[C@H](N)C[C@H](O[C@@H]2O[C@H](CO)[C@@H](O[C@H]3O[C@@H](CN)[C@@H](O)[C@H](O)[C@H]3N)[C@H]2O)[C@H]1O. The van der Waals surface area contributed by atoms with E-state index in [9.17, 15) is 34.0 Å². The second-order valence-electron chi connectivity index (χ2n) is 9.38. The van der Waals surface area contributed by atoms with Crippen molar-refractivity contribution in [2.24, 2.45) is 22.9 Å². The first-order chi connectivity index (χ1) is 16.9. The predicted octanol–water partition coefficient (Wildman–Crippen LogP) is -6.70. The average molecular weight is 546 g/mol. The molecule has 2 heterocycles. The molecule has 36 heavy (non-hydrogen) atoms. The van der Waals surface area contributed by atoms with Gasteiger partial charge >= 0.3 is 0 Å². The van der Waals surface area contributed by atoms with Gasteiger partial charge in [-0.05, 0) is 12.8 Å². The van der Waals surface area contributed by atoms with Crippen LogP contribution in [0, 0.1) is 0 Å². The molecular weight excluding hydrogens is 506 g/mol. The van der Waals surface area contributed by atoms with Crippen molar-refractivity contribution >= 4 is 10.0 Å². The third-order valence-electron chi connectivity index (χ3n) is 6.65. The Balaban J connectivity index is 1.68. The second-order valence-corrected chi connectivity index (χ2v) is 11.3. The maximum Gasteiger partial charge on any atom is 0.213 e. The van der Waals surface area contributed by atoms with Crippen molar-refractivity contribution in [3.8, 4) is 0 Å². The zero-order valence-electron chi connectivity index (χ0n) is 19.7. The van der Waals surface area contributed by atoms with Crippen LogP contribution in [0.4, 0.5) is 0 Å². The van der Waals surface area contributed by atoms with Gasteiger partial charge in [-0.3, -0.25) is 0 Å². The van der Waals surface area contributed by atoms with E-state index >= 15 is 0 Å². The van der Waals surface area contributed by atoms with Crippen molar-refractivity contribution in [3.05, 3.63) is 0 Å². The first-order valence-electron chi connectivity index (χ1n) is 11.8. The van der Waals surface area contributed by atoms with Crippen LogP contribution in [0.3, 0.4) is 0 Å². The lowest BCUT2D eigenvalue weighted by Gasteiger charge is -2.42. The van der Waals surface area contributed by atoms with Gasteiger partial charge in [-0.2, -0.15) is 0 Å². The minimum absolute atomic E-state index is 0.105. The number of hydrogen-bond acceptors (Lipinski definition) is 15. The fourth-order valence-electron chi connectivity index (χ4n) is 4.69. The number of nitrogens with two attached hydrogens (primary N) is 4. The molecular formula is C19H39N5O11S. The Kier molecular flexibility index (Phi) is 10.4. The minimum atomic E-state index is -3.76. The molecule has 0 aromatic carbocycles. The molecule has 2 aliphatic heterocycles. The molecule has 0 radical (unpaired) electrons. The molecule has 14 N–H and O–H groups in total. The third-order valence-corrected chi connectivity index (χ3v) is 8.09. The summed E-state index contributed by atoms with van der Waals surface area (Å²) >= 11 is 0. The Hall–Kier alpha value is -0.610. The molecule has 3 rings (SSSR count). The lowest BCUT2D eigenvalue weighted by molar-refractivity contribution is -0.280. The lowest BCUT2D eigenvalue weighted by atomic mass is 9.87. The standard InChI is InChI=1S/C19H39N5O11S/c20-1-2-36(30,31)24-8-3-7(22)4-9(13(8)26)32-19-16(29)17(11(6-25)34-19)35-18-12(23)15(28)14(27)10(5-21)33-18/h7-19,24-29H,1-6,20-23H2/t7-,8+,9-,10-,11+,12+,13-,14+,15+,16+,17+,18+,19+/m0/s1. The average Bonchev–Trinajstić information content (AvgIpc) is 3.11. The number of hydrogen-bond donors (Lipinski definition) is 10. The highest BCUT2D eigenvalue weighted by Crippen LogP contribution is 2.32. The number of aliphatic hydroxyl groups is 5. The lowest BCUT2D eigenvalue weighted by Crippen LogP contribution is -2.64. The molecule has 0 unspecified atom stereocenters. The molecule has 0 aromatic heterocycles. The van der Waals surface area contributed by atoms with Crippen LogP contribution in [0.15, 0.2) is 0 Å². The highest BCUT2D eigenvalue weighted by atomic mass is 32.2. The molecule has 212 valence electrons. The fourth-order valence-corrected chi connectivity index (χ4v) is 5.81. The fraction of sp³-hybridized carbons (Fsp3) is 1.00. The predicted molar refractivity (Wildman–Crippen MR) is 122 cm³/mol. The summed E-state index contributed by atoms with van der Waals surface area (Å²) in [6, 6.07) is -2.68. The van der Waals surface area contributed by atoms with Gasteiger partial charge in [-0.1, -0.05) is 0 Å². The van der Waals surface area contributed by atoms with E-state index in [4.69, 9.17) is 41.9 Å². The maximum atomic E-state index is 12.1. The first kappa shape index (κ1) is 29.9.